The van der Waals surface area contributed by atoms with Crippen LogP contribution in [0.2, 0.25) is 0 Å². The molecule has 1 aromatic heterocycles. The minimum atomic E-state index is -3.80. The van der Waals surface area contributed by atoms with E-state index in [1.165, 1.54) is 15.2 Å². The SMILES string of the molecule is Cn1c(=O)n(C)c2cc(S(=O)(=O)NCC3CC(C)(C)CCC3O)c(Br)cc21. The van der Waals surface area contributed by atoms with Crippen molar-refractivity contribution in [1.29, 1.82) is 0 Å². The van der Waals surface area contributed by atoms with Crippen molar-refractivity contribution >= 4 is 37.0 Å². The average Bonchev–Trinajstić information content (AvgIpc) is 2.79. The molecule has 2 N–H and O–H groups in total. The molecule has 150 valence electrons. The molecule has 0 aliphatic heterocycles. The van der Waals surface area contributed by atoms with E-state index in [-0.39, 0.29) is 28.5 Å². The number of imidazole rings is 1. The molecular formula is C18H26BrN3O4S. The molecule has 9 heteroatoms. The van der Waals surface area contributed by atoms with Crippen LogP contribution in [-0.4, -0.2) is 35.3 Å². The number of halogens is 1. The number of aryl methyl sites for hydroxylation is 2. The minimum absolute atomic E-state index is 0.0840. The second-order valence-corrected chi connectivity index (χ2v) is 10.8. The Labute approximate surface area is 167 Å². The lowest BCUT2D eigenvalue weighted by atomic mass is 9.71. The molecule has 2 aromatic rings. The molecule has 3 rings (SSSR count). The molecule has 1 aliphatic rings. The van der Waals surface area contributed by atoms with Crippen molar-refractivity contribution in [3.63, 3.8) is 0 Å². The first-order valence-electron chi connectivity index (χ1n) is 8.96. The Morgan fingerprint density at radius 1 is 1.26 bits per heavy atom. The van der Waals surface area contributed by atoms with Crippen molar-refractivity contribution < 1.29 is 13.5 Å². The molecule has 0 spiro atoms. The highest BCUT2D eigenvalue weighted by atomic mass is 79.9. The van der Waals surface area contributed by atoms with Gasteiger partial charge in [0.1, 0.15) is 0 Å². The van der Waals surface area contributed by atoms with Gasteiger partial charge in [0, 0.05) is 25.1 Å². The Kier molecular flexibility index (Phi) is 5.35. The molecule has 1 aliphatic carbocycles. The van der Waals surface area contributed by atoms with Gasteiger partial charge in [0.15, 0.2) is 0 Å². The van der Waals surface area contributed by atoms with Crippen LogP contribution in [0.3, 0.4) is 0 Å². The summed E-state index contributed by atoms with van der Waals surface area (Å²) in [6, 6.07) is 3.15. The second kappa shape index (κ2) is 7.02. The number of hydrogen-bond acceptors (Lipinski definition) is 4. The molecular weight excluding hydrogens is 434 g/mol. The summed E-state index contributed by atoms with van der Waals surface area (Å²) in [5.41, 5.74) is 1.08. The molecule has 1 aromatic carbocycles. The summed E-state index contributed by atoms with van der Waals surface area (Å²) in [6.45, 7) is 4.47. The van der Waals surface area contributed by atoms with E-state index in [0.29, 0.717) is 21.9 Å². The lowest BCUT2D eigenvalue weighted by molar-refractivity contribution is 0.0243. The minimum Gasteiger partial charge on any atom is -0.393 e. The van der Waals surface area contributed by atoms with Gasteiger partial charge in [0.25, 0.3) is 0 Å². The van der Waals surface area contributed by atoms with Crippen LogP contribution in [0.25, 0.3) is 11.0 Å². The quantitative estimate of drug-likeness (QED) is 0.731. The smallest absolute Gasteiger partial charge is 0.328 e. The van der Waals surface area contributed by atoms with Gasteiger partial charge in [0.2, 0.25) is 10.0 Å². The first-order chi connectivity index (χ1) is 12.4. The third kappa shape index (κ3) is 3.87. The lowest BCUT2D eigenvalue weighted by Crippen LogP contribution is -2.41. The van der Waals surface area contributed by atoms with Crippen molar-refractivity contribution in [2.24, 2.45) is 25.4 Å². The standard InChI is InChI=1S/C18H26BrN3O4S/c1-18(2)6-5-15(23)11(9-18)10-20-27(25,26)16-8-14-13(7-12(16)19)21(3)17(24)22(14)4/h7-8,11,15,20,23H,5-6,9-10H2,1-4H3. The molecule has 27 heavy (non-hydrogen) atoms. The average molecular weight is 460 g/mol. The van der Waals surface area contributed by atoms with Gasteiger partial charge < -0.3 is 5.11 Å². The number of benzene rings is 1. The fraction of sp³-hybridized carbons (Fsp3) is 0.611. The Morgan fingerprint density at radius 3 is 2.48 bits per heavy atom. The van der Waals surface area contributed by atoms with E-state index < -0.39 is 16.1 Å². The van der Waals surface area contributed by atoms with Crippen LogP contribution < -0.4 is 10.4 Å². The second-order valence-electron chi connectivity index (χ2n) is 8.26. The number of nitrogens with one attached hydrogen (secondary N) is 1. The van der Waals surface area contributed by atoms with E-state index >= 15 is 0 Å². The van der Waals surface area contributed by atoms with E-state index in [4.69, 9.17) is 0 Å². The van der Waals surface area contributed by atoms with Gasteiger partial charge in [-0.1, -0.05) is 13.8 Å². The lowest BCUT2D eigenvalue weighted by Gasteiger charge is -2.38. The topological polar surface area (TPSA) is 93.3 Å². The molecule has 0 amide bonds. The summed E-state index contributed by atoms with van der Waals surface area (Å²) in [5.74, 6) is -0.118. The third-order valence-corrected chi connectivity index (χ3v) is 8.01. The van der Waals surface area contributed by atoms with Gasteiger partial charge in [-0.05, 0) is 58.7 Å². The highest BCUT2D eigenvalue weighted by molar-refractivity contribution is 9.10. The zero-order valence-electron chi connectivity index (χ0n) is 16.0. The van der Waals surface area contributed by atoms with Crippen LogP contribution in [0.4, 0.5) is 0 Å². The number of sulfonamides is 1. The molecule has 1 heterocycles. The number of rotatable bonds is 4. The Hall–Kier alpha value is -1.16. The molecule has 1 fully saturated rings. The largest absolute Gasteiger partial charge is 0.393 e. The number of fused-ring (bicyclic) bond motifs is 1. The number of aromatic nitrogens is 2. The van der Waals surface area contributed by atoms with Gasteiger partial charge in [-0.3, -0.25) is 9.13 Å². The monoisotopic (exact) mass is 459 g/mol. The van der Waals surface area contributed by atoms with Crippen molar-refractivity contribution in [2.75, 3.05) is 6.54 Å². The summed E-state index contributed by atoms with van der Waals surface area (Å²) in [6.07, 6.45) is 1.88. The maximum atomic E-state index is 12.9. The first-order valence-corrected chi connectivity index (χ1v) is 11.2. The molecule has 0 saturated heterocycles. The van der Waals surface area contributed by atoms with Gasteiger partial charge in [-0.15, -0.1) is 0 Å². The fourth-order valence-corrected chi connectivity index (χ4v) is 6.07. The van der Waals surface area contributed by atoms with Gasteiger partial charge in [-0.2, -0.15) is 0 Å². The Morgan fingerprint density at radius 2 is 1.85 bits per heavy atom. The highest BCUT2D eigenvalue weighted by Gasteiger charge is 2.34. The summed E-state index contributed by atoms with van der Waals surface area (Å²) >= 11 is 3.32. The molecule has 2 unspecified atom stereocenters. The van der Waals surface area contributed by atoms with Crippen molar-refractivity contribution in [3.05, 3.63) is 27.1 Å². The van der Waals surface area contributed by atoms with Crippen molar-refractivity contribution in [1.82, 2.24) is 13.9 Å². The van der Waals surface area contributed by atoms with E-state index in [9.17, 15) is 18.3 Å². The van der Waals surface area contributed by atoms with E-state index in [1.807, 2.05) is 0 Å². The molecule has 1 saturated carbocycles. The first kappa shape index (κ1) is 20.6. The van der Waals surface area contributed by atoms with Crippen molar-refractivity contribution in [3.8, 4) is 0 Å². The Bertz CT molecular complexity index is 1040. The number of nitrogens with zero attached hydrogens (tertiary/aromatic N) is 2. The zero-order valence-corrected chi connectivity index (χ0v) is 18.4. The van der Waals surface area contributed by atoms with Crippen LogP contribution in [0.5, 0.6) is 0 Å². The van der Waals surface area contributed by atoms with E-state index in [1.54, 1.807) is 20.2 Å². The molecule has 0 bridgehead atoms. The highest BCUT2D eigenvalue weighted by Crippen LogP contribution is 2.38. The summed E-state index contributed by atoms with van der Waals surface area (Å²) in [4.78, 5) is 12.2. The molecule has 0 radical (unpaired) electrons. The summed E-state index contributed by atoms with van der Waals surface area (Å²) in [5, 5.41) is 10.2. The zero-order chi connectivity index (χ0) is 20.1. The van der Waals surface area contributed by atoms with Gasteiger partial charge in [0.05, 0.1) is 22.0 Å². The number of aliphatic hydroxyl groups is 1. The fourth-order valence-electron chi connectivity index (χ4n) is 3.93. The van der Waals surface area contributed by atoms with E-state index in [2.05, 4.69) is 34.5 Å². The maximum absolute atomic E-state index is 12.9. The van der Waals surface area contributed by atoms with E-state index in [0.717, 1.165) is 12.8 Å². The maximum Gasteiger partial charge on any atom is 0.328 e. The molecule has 7 nitrogen and oxygen atoms in total. The van der Waals surface area contributed by atoms with Crippen LogP contribution in [-0.2, 0) is 24.1 Å². The van der Waals surface area contributed by atoms with Crippen molar-refractivity contribution in [2.45, 2.75) is 44.1 Å². The van der Waals surface area contributed by atoms with Crippen LogP contribution >= 0.6 is 15.9 Å². The van der Waals surface area contributed by atoms with Crippen LogP contribution in [0, 0.1) is 11.3 Å². The normalized spacial score (nSPS) is 23.0. The van der Waals surface area contributed by atoms with Gasteiger partial charge >= 0.3 is 5.69 Å². The van der Waals surface area contributed by atoms with Gasteiger partial charge in [-0.25, -0.2) is 17.9 Å². The number of aliphatic hydroxyl groups excluding tert-OH is 1. The molecule has 2 atom stereocenters. The Balaban J connectivity index is 1.90. The summed E-state index contributed by atoms with van der Waals surface area (Å²) in [7, 11) is -0.533. The number of hydrogen-bond donors (Lipinski definition) is 2. The predicted octanol–water partition coefficient (Wildman–Crippen LogP) is 2.10. The summed E-state index contributed by atoms with van der Waals surface area (Å²) < 4.78 is 31.7. The predicted molar refractivity (Wildman–Crippen MR) is 108 cm³/mol. The van der Waals surface area contributed by atoms with Crippen LogP contribution in [0.1, 0.15) is 33.1 Å². The third-order valence-electron chi connectivity index (χ3n) is 5.63. The van der Waals surface area contributed by atoms with Crippen LogP contribution in [0.15, 0.2) is 26.3 Å².